The maximum absolute atomic E-state index is 5.81. The van der Waals surface area contributed by atoms with Gasteiger partial charge in [0.25, 0.3) is 0 Å². The highest BCUT2D eigenvalue weighted by Gasteiger charge is 2.00. The molecular weight excluding hydrogens is 133 g/mol. The van der Waals surface area contributed by atoms with Gasteiger partial charge in [-0.05, 0) is 12.0 Å². The Morgan fingerprint density at radius 2 is 2.27 bits per heavy atom. The van der Waals surface area contributed by atoms with E-state index in [1.54, 1.807) is 0 Å². The summed E-state index contributed by atoms with van der Waals surface area (Å²) in [5.41, 5.74) is 7.71. The van der Waals surface area contributed by atoms with E-state index in [1.807, 2.05) is 24.3 Å². The van der Waals surface area contributed by atoms with Gasteiger partial charge in [0, 0.05) is 6.04 Å². The fourth-order valence-corrected chi connectivity index (χ4v) is 1.03. The van der Waals surface area contributed by atoms with Crippen LogP contribution in [0.1, 0.15) is 24.9 Å². The lowest BCUT2D eigenvalue weighted by Gasteiger charge is -2.08. The molecule has 2 radical (unpaired) electrons. The molecule has 11 heavy (non-hydrogen) atoms. The summed E-state index contributed by atoms with van der Waals surface area (Å²) in [5.74, 6) is 0. The Labute approximate surface area is 69.0 Å². The first-order valence-electron chi connectivity index (χ1n) is 3.85. The molecular formula is C9H12BN. The van der Waals surface area contributed by atoms with Crippen LogP contribution in [-0.2, 0) is 0 Å². The van der Waals surface area contributed by atoms with E-state index in [-0.39, 0.29) is 6.04 Å². The van der Waals surface area contributed by atoms with Crippen LogP contribution < -0.4 is 11.2 Å². The number of nitrogens with two attached hydrogens (primary N) is 1. The van der Waals surface area contributed by atoms with Crippen molar-refractivity contribution in [3.63, 3.8) is 0 Å². The molecule has 1 unspecified atom stereocenters. The Morgan fingerprint density at radius 3 is 2.82 bits per heavy atom. The zero-order valence-corrected chi connectivity index (χ0v) is 6.75. The first kappa shape index (κ1) is 8.34. The molecule has 0 spiro atoms. The molecule has 0 aliphatic carbocycles. The Morgan fingerprint density at radius 1 is 1.55 bits per heavy atom. The smallest absolute Gasteiger partial charge is 0.113 e. The van der Waals surface area contributed by atoms with Gasteiger partial charge in [0.05, 0.1) is 0 Å². The minimum atomic E-state index is 0.124. The number of benzene rings is 1. The summed E-state index contributed by atoms with van der Waals surface area (Å²) in [6, 6.07) is 7.85. The molecule has 56 valence electrons. The SMILES string of the molecule is [B]c1cccc(C(N)CC)c1. The van der Waals surface area contributed by atoms with E-state index < -0.39 is 0 Å². The lowest BCUT2D eigenvalue weighted by atomic mass is 9.92. The number of hydrogen-bond donors (Lipinski definition) is 1. The van der Waals surface area contributed by atoms with Crippen molar-refractivity contribution in [1.82, 2.24) is 0 Å². The van der Waals surface area contributed by atoms with Crippen LogP contribution in [-0.4, -0.2) is 7.85 Å². The summed E-state index contributed by atoms with van der Waals surface area (Å²) in [7, 11) is 5.60. The van der Waals surface area contributed by atoms with E-state index in [1.165, 1.54) is 0 Å². The molecule has 1 rings (SSSR count). The molecule has 0 heterocycles. The fraction of sp³-hybridized carbons (Fsp3) is 0.333. The standard InChI is InChI=1S/C9H12BN/c1-2-9(11)7-4-3-5-8(10)6-7/h3-6,9H,2,11H2,1H3. The molecule has 0 fully saturated rings. The maximum Gasteiger partial charge on any atom is 0.113 e. The third-order valence-electron chi connectivity index (χ3n) is 1.78. The number of rotatable bonds is 2. The first-order valence-corrected chi connectivity index (χ1v) is 3.85. The second-order valence-electron chi connectivity index (χ2n) is 2.68. The maximum atomic E-state index is 5.81. The van der Waals surface area contributed by atoms with Crippen LogP contribution in [0.2, 0.25) is 0 Å². The van der Waals surface area contributed by atoms with E-state index in [2.05, 4.69) is 6.92 Å². The van der Waals surface area contributed by atoms with Crippen LogP contribution in [0.4, 0.5) is 0 Å². The van der Waals surface area contributed by atoms with Gasteiger partial charge in [-0.2, -0.15) is 0 Å². The molecule has 0 saturated carbocycles. The normalized spacial score (nSPS) is 12.9. The average molecular weight is 145 g/mol. The molecule has 1 atom stereocenters. The largest absolute Gasteiger partial charge is 0.324 e. The van der Waals surface area contributed by atoms with Gasteiger partial charge < -0.3 is 5.73 Å². The highest BCUT2D eigenvalue weighted by Crippen LogP contribution is 2.10. The van der Waals surface area contributed by atoms with Crippen molar-refractivity contribution in [3.8, 4) is 0 Å². The molecule has 0 saturated heterocycles. The molecule has 0 aliphatic heterocycles. The Kier molecular flexibility index (Phi) is 2.72. The number of hydrogen-bond acceptors (Lipinski definition) is 1. The van der Waals surface area contributed by atoms with Gasteiger partial charge >= 0.3 is 0 Å². The monoisotopic (exact) mass is 145 g/mol. The van der Waals surface area contributed by atoms with Gasteiger partial charge in [0.15, 0.2) is 0 Å². The van der Waals surface area contributed by atoms with E-state index in [0.29, 0.717) is 0 Å². The van der Waals surface area contributed by atoms with Gasteiger partial charge in [-0.15, -0.1) is 0 Å². The van der Waals surface area contributed by atoms with E-state index in [9.17, 15) is 0 Å². The van der Waals surface area contributed by atoms with Crippen LogP contribution in [0.5, 0.6) is 0 Å². The van der Waals surface area contributed by atoms with Crippen LogP contribution in [0, 0.1) is 0 Å². The van der Waals surface area contributed by atoms with Gasteiger partial charge in [0.2, 0.25) is 0 Å². The zero-order valence-electron chi connectivity index (χ0n) is 6.75. The van der Waals surface area contributed by atoms with Crippen molar-refractivity contribution in [2.75, 3.05) is 0 Å². The fourth-order valence-electron chi connectivity index (χ4n) is 1.03. The summed E-state index contributed by atoms with van der Waals surface area (Å²) >= 11 is 0. The second kappa shape index (κ2) is 3.58. The van der Waals surface area contributed by atoms with Gasteiger partial charge in [0.1, 0.15) is 7.85 Å². The van der Waals surface area contributed by atoms with Gasteiger partial charge in [-0.1, -0.05) is 36.7 Å². The van der Waals surface area contributed by atoms with Crippen LogP contribution >= 0.6 is 0 Å². The summed E-state index contributed by atoms with van der Waals surface area (Å²) in [6.45, 7) is 2.06. The predicted molar refractivity (Wildman–Crippen MR) is 49.0 cm³/mol. The third kappa shape index (κ3) is 2.09. The molecule has 2 heteroatoms. The molecule has 0 aromatic heterocycles. The van der Waals surface area contributed by atoms with Gasteiger partial charge in [-0.3, -0.25) is 0 Å². The van der Waals surface area contributed by atoms with Crippen molar-refractivity contribution in [2.24, 2.45) is 5.73 Å². The van der Waals surface area contributed by atoms with E-state index in [4.69, 9.17) is 13.6 Å². The Balaban J connectivity index is 2.86. The topological polar surface area (TPSA) is 26.0 Å². The molecule has 1 nitrogen and oxygen atoms in total. The lowest BCUT2D eigenvalue weighted by molar-refractivity contribution is 0.699. The van der Waals surface area contributed by atoms with E-state index >= 15 is 0 Å². The Hall–Kier alpha value is -0.755. The zero-order chi connectivity index (χ0) is 8.27. The first-order chi connectivity index (χ1) is 5.24. The minimum Gasteiger partial charge on any atom is -0.324 e. The molecule has 1 aromatic rings. The quantitative estimate of drug-likeness (QED) is 0.614. The summed E-state index contributed by atoms with van der Waals surface area (Å²) < 4.78 is 0. The minimum absolute atomic E-state index is 0.124. The lowest BCUT2D eigenvalue weighted by Crippen LogP contribution is -2.12. The van der Waals surface area contributed by atoms with Crippen LogP contribution in [0.3, 0.4) is 0 Å². The third-order valence-corrected chi connectivity index (χ3v) is 1.78. The summed E-state index contributed by atoms with van der Waals surface area (Å²) in [6.07, 6.45) is 0.948. The summed E-state index contributed by atoms with van der Waals surface area (Å²) in [5, 5.41) is 0. The summed E-state index contributed by atoms with van der Waals surface area (Å²) in [4.78, 5) is 0. The molecule has 0 bridgehead atoms. The predicted octanol–water partition coefficient (Wildman–Crippen LogP) is 0.890. The Bertz CT molecular complexity index is 235. The van der Waals surface area contributed by atoms with Crippen molar-refractivity contribution < 1.29 is 0 Å². The van der Waals surface area contributed by atoms with Crippen molar-refractivity contribution in [1.29, 1.82) is 0 Å². The molecule has 1 aromatic carbocycles. The van der Waals surface area contributed by atoms with Crippen molar-refractivity contribution in [3.05, 3.63) is 29.8 Å². The second-order valence-corrected chi connectivity index (χ2v) is 2.68. The van der Waals surface area contributed by atoms with Crippen molar-refractivity contribution >= 4 is 13.3 Å². The highest BCUT2D eigenvalue weighted by molar-refractivity contribution is 6.32. The van der Waals surface area contributed by atoms with E-state index in [0.717, 1.165) is 17.4 Å². The van der Waals surface area contributed by atoms with Crippen molar-refractivity contribution in [2.45, 2.75) is 19.4 Å². The van der Waals surface area contributed by atoms with Crippen LogP contribution in [0.25, 0.3) is 0 Å². The molecule has 2 N–H and O–H groups in total. The molecule has 0 amide bonds. The average Bonchev–Trinajstić information content (AvgIpc) is 2.03. The highest BCUT2D eigenvalue weighted by atomic mass is 14.6. The van der Waals surface area contributed by atoms with Gasteiger partial charge in [-0.25, -0.2) is 0 Å². The van der Waals surface area contributed by atoms with Crippen LogP contribution in [0.15, 0.2) is 24.3 Å². The molecule has 0 aliphatic rings.